The molecule has 1 saturated carbocycles. The number of aromatic nitrogens is 2. The Morgan fingerprint density at radius 1 is 1.35 bits per heavy atom. The van der Waals surface area contributed by atoms with Crippen LogP contribution in [0.5, 0.6) is 0 Å². The first-order chi connectivity index (χ1) is 9.36. The lowest BCUT2D eigenvalue weighted by Crippen LogP contribution is -2.26. The fourth-order valence-corrected chi connectivity index (χ4v) is 2.28. The number of carboxylic acid groups (broad SMARTS) is 1. The summed E-state index contributed by atoms with van der Waals surface area (Å²) in [6.07, 6.45) is 3.00. The van der Waals surface area contributed by atoms with Crippen molar-refractivity contribution >= 4 is 5.97 Å². The van der Waals surface area contributed by atoms with Crippen LogP contribution in [-0.4, -0.2) is 27.3 Å². The molecule has 0 atom stereocenters. The van der Waals surface area contributed by atoms with Crippen LogP contribution in [-0.2, 0) is 21.6 Å². The minimum Gasteiger partial charge on any atom is -0.481 e. The van der Waals surface area contributed by atoms with Crippen LogP contribution in [0.1, 0.15) is 58.2 Å². The van der Waals surface area contributed by atoms with Crippen LogP contribution >= 0.6 is 0 Å². The summed E-state index contributed by atoms with van der Waals surface area (Å²) in [5.41, 5.74) is -0.138. The number of carboxylic acids is 1. The summed E-state index contributed by atoms with van der Waals surface area (Å²) in [5, 5.41) is 12.9. The number of hydrogen-bond acceptors (Lipinski definition) is 5. The van der Waals surface area contributed by atoms with Crippen LogP contribution in [0, 0.1) is 5.92 Å². The maximum atomic E-state index is 10.9. The van der Waals surface area contributed by atoms with Crippen molar-refractivity contribution in [3.63, 3.8) is 0 Å². The highest BCUT2D eigenvalue weighted by atomic mass is 16.5. The number of hydrogen-bond donors (Lipinski definition) is 1. The van der Waals surface area contributed by atoms with Gasteiger partial charge in [-0.05, 0) is 25.7 Å². The van der Waals surface area contributed by atoms with Crippen molar-refractivity contribution in [3.8, 4) is 0 Å². The molecule has 6 heteroatoms. The molecule has 1 fully saturated rings. The van der Waals surface area contributed by atoms with Gasteiger partial charge >= 0.3 is 5.97 Å². The van der Waals surface area contributed by atoms with Crippen molar-refractivity contribution in [2.45, 2.75) is 64.6 Å². The summed E-state index contributed by atoms with van der Waals surface area (Å²) in [5.74, 6) is 0.238. The lowest BCUT2D eigenvalue weighted by molar-refractivity contribution is -0.144. The summed E-state index contributed by atoms with van der Waals surface area (Å²) in [7, 11) is 0. The first-order valence-corrected chi connectivity index (χ1v) is 7.03. The first-order valence-electron chi connectivity index (χ1n) is 7.03. The third-order valence-corrected chi connectivity index (χ3v) is 3.60. The van der Waals surface area contributed by atoms with Gasteiger partial charge < -0.3 is 14.4 Å². The number of carbonyl (C=O) groups is 1. The van der Waals surface area contributed by atoms with Gasteiger partial charge in [0.2, 0.25) is 0 Å². The standard InChI is InChI=1S/C14H22N2O4/c1-14(2,3)13-15-11(20-16-13)8-19-10-6-4-9(5-7-10)12(17)18/h9-10H,4-8H2,1-3H3,(H,17,18). The van der Waals surface area contributed by atoms with Crippen molar-refractivity contribution in [2.24, 2.45) is 5.92 Å². The number of ether oxygens (including phenoxy) is 1. The van der Waals surface area contributed by atoms with Gasteiger partial charge in [0.05, 0.1) is 12.0 Å². The normalized spacial score (nSPS) is 23.8. The minimum atomic E-state index is -0.699. The van der Waals surface area contributed by atoms with E-state index in [2.05, 4.69) is 10.1 Å². The highest BCUT2D eigenvalue weighted by Gasteiger charge is 2.27. The van der Waals surface area contributed by atoms with Gasteiger partial charge in [-0.1, -0.05) is 25.9 Å². The lowest BCUT2D eigenvalue weighted by atomic mass is 9.87. The summed E-state index contributed by atoms with van der Waals surface area (Å²) >= 11 is 0. The zero-order valence-electron chi connectivity index (χ0n) is 12.3. The predicted octanol–water partition coefficient (Wildman–Crippen LogP) is 2.53. The topological polar surface area (TPSA) is 85.5 Å². The fraction of sp³-hybridized carbons (Fsp3) is 0.786. The summed E-state index contributed by atoms with van der Waals surface area (Å²) in [6.45, 7) is 6.37. The molecule has 20 heavy (non-hydrogen) atoms. The molecule has 6 nitrogen and oxygen atoms in total. The molecule has 0 unspecified atom stereocenters. The molecule has 0 aliphatic heterocycles. The average Bonchev–Trinajstić information content (AvgIpc) is 2.85. The molecule has 1 aromatic rings. The monoisotopic (exact) mass is 282 g/mol. The van der Waals surface area contributed by atoms with Gasteiger partial charge in [-0.25, -0.2) is 0 Å². The van der Waals surface area contributed by atoms with E-state index in [1.54, 1.807) is 0 Å². The Kier molecular flexibility index (Phi) is 4.42. The van der Waals surface area contributed by atoms with Gasteiger partial charge in [-0.15, -0.1) is 0 Å². The van der Waals surface area contributed by atoms with E-state index in [-0.39, 0.29) is 17.4 Å². The highest BCUT2D eigenvalue weighted by molar-refractivity contribution is 5.70. The molecule has 1 aliphatic carbocycles. The van der Waals surface area contributed by atoms with E-state index in [1.807, 2.05) is 20.8 Å². The molecular formula is C14H22N2O4. The Hall–Kier alpha value is -1.43. The predicted molar refractivity (Wildman–Crippen MR) is 71.2 cm³/mol. The van der Waals surface area contributed by atoms with Gasteiger partial charge in [0, 0.05) is 5.41 Å². The van der Waals surface area contributed by atoms with Gasteiger partial charge in [-0.3, -0.25) is 4.79 Å². The van der Waals surface area contributed by atoms with E-state index < -0.39 is 5.97 Å². The zero-order chi connectivity index (χ0) is 14.8. The van der Waals surface area contributed by atoms with E-state index in [4.69, 9.17) is 14.4 Å². The number of rotatable bonds is 4. The van der Waals surface area contributed by atoms with Gasteiger partial charge in [0.1, 0.15) is 6.61 Å². The third kappa shape index (κ3) is 3.79. The van der Waals surface area contributed by atoms with Crippen LogP contribution in [0.15, 0.2) is 4.52 Å². The van der Waals surface area contributed by atoms with Crippen molar-refractivity contribution < 1.29 is 19.2 Å². The van der Waals surface area contributed by atoms with E-state index in [1.165, 1.54) is 0 Å². The molecule has 0 amide bonds. The highest BCUT2D eigenvalue weighted by Crippen LogP contribution is 2.27. The molecule has 0 saturated heterocycles. The second-order valence-electron chi connectivity index (χ2n) is 6.38. The molecule has 1 heterocycles. The SMILES string of the molecule is CC(C)(C)c1noc(COC2CCC(C(=O)O)CC2)n1. The Balaban J connectivity index is 1.79. The molecule has 0 spiro atoms. The quantitative estimate of drug-likeness (QED) is 0.913. The smallest absolute Gasteiger partial charge is 0.306 e. The molecule has 1 N–H and O–H groups in total. The fourth-order valence-electron chi connectivity index (χ4n) is 2.28. The molecule has 0 aromatic carbocycles. The average molecular weight is 282 g/mol. The molecule has 1 aliphatic rings. The second kappa shape index (κ2) is 5.91. The van der Waals surface area contributed by atoms with E-state index in [0.717, 1.165) is 12.8 Å². The summed E-state index contributed by atoms with van der Waals surface area (Å²) in [6, 6.07) is 0. The van der Waals surface area contributed by atoms with Crippen LogP contribution in [0.2, 0.25) is 0 Å². The lowest BCUT2D eigenvalue weighted by Gasteiger charge is -2.25. The Labute approximate surface area is 118 Å². The maximum Gasteiger partial charge on any atom is 0.306 e. The van der Waals surface area contributed by atoms with E-state index in [9.17, 15) is 4.79 Å². The minimum absolute atomic E-state index is 0.0931. The van der Waals surface area contributed by atoms with Crippen molar-refractivity contribution in [1.82, 2.24) is 10.1 Å². The maximum absolute atomic E-state index is 10.9. The molecule has 2 rings (SSSR count). The Morgan fingerprint density at radius 2 is 2.00 bits per heavy atom. The molecular weight excluding hydrogens is 260 g/mol. The van der Waals surface area contributed by atoms with Gasteiger partial charge in [0.25, 0.3) is 5.89 Å². The second-order valence-corrected chi connectivity index (χ2v) is 6.38. The summed E-state index contributed by atoms with van der Waals surface area (Å²) < 4.78 is 10.9. The number of nitrogens with zero attached hydrogens (tertiary/aromatic N) is 2. The van der Waals surface area contributed by atoms with Crippen molar-refractivity contribution in [3.05, 3.63) is 11.7 Å². The van der Waals surface area contributed by atoms with Crippen molar-refractivity contribution in [2.75, 3.05) is 0 Å². The van der Waals surface area contributed by atoms with Crippen LogP contribution in [0.4, 0.5) is 0 Å². The van der Waals surface area contributed by atoms with Gasteiger partial charge in [-0.2, -0.15) is 4.98 Å². The first kappa shape index (κ1) is 15.0. The van der Waals surface area contributed by atoms with E-state index in [0.29, 0.717) is 31.2 Å². The zero-order valence-corrected chi connectivity index (χ0v) is 12.3. The molecule has 1 aromatic heterocycles. The van der Waals surface area contributed by atoms with Crippen LogP contribution in [0.25, 0.3) is 0 Å². The van der Waals surface area contributed by atoms with Crippen molar-refractivity contribution in [1.29, 1.82) is 0 Å². The number of aliphatic carboxylic acids is 1. The molecule has 0 radical (unpaired) electrons. The molecule has 112 valence electrons. The van der Waals surface area contributed by atoms with Crippen LogP contribution in [0.3, 0.4) is 0 Å². The largest absolute Gasteiger partial charge is 0.481 e. The third-order valence-electron chi connectivity index (χ3n) is 3.60. The Morgan fingerprint density at radius 3 is 2.50 bits per heavy atom. The van der Waals surface area contributed by atoms with Gasteiger partial charge in [0.15, 0.2) is 5.82 Å². The molecule has 0 bridgehead atoms. The van der Waals surface area contributed by atoms with Crippen LogP contribution < -0.4 is 0 Å². The van der Waals surface area contributed by atoms with E-state index >= 15 is 0 Å². The summed E-state index contributed by atoms with van der Waals surface area (Å²) in [4.78, 5) is 15.2. The Bertz CT molecular complexity index is 456.